The molecule has 0 fully saturated rings. The molecular formula is C21H24N2OS2. The topological polar surface area (TPSA) is 34.9 Å². The molecule has 0 aliphatic heterocycles. The summed E-state index contributed by atoms with van der Waals surface area (Å²) in [5.74, 6) is 0.966. The first-order chi connectivity index (χ1) is 12.6. The van der Waals surface area contributed by atoms with Crippen molar-refractivity contribution in [2.24, 2.45) is 0 Å². The third-order valence-corrected chi connectivity index (χ3v) is 7.32. The van der Waals surface area contributed by atoms with E-state index >= 15 is 0 Å². The zero-order valence-electron chi connectivity index (χ0n) is 15.6. The number of thioether (sulfide) groups is 1. The predicted molar refractivity (Wildman–Crippen MR) is 112 cm³/mol. The van der Waals surface area contributed by atoms with Crippen molar-refractivity contribution in [1.82, 2.24) is 9.55 Å². The molecule has 3 nitrogen and oxygen atoms in total. The van der Waals surface area contributed by atoms with Gasteiger partial charge >= 0.3 is 0 Å². The van der Waals surface area contributed by atoms with Crippen LogP contribution in [0.2, 0.25) is 0 Å². The summed E-state index contributed by atoms with van der Waals surface area (Å²) in [7, 11) is 0. The summed E-state index contributed by atoms with van der Waals surface area (Å²) < 4.78 is 1.86. The second-order valence-electron chi connectivity index (χ2n) is 7.06. The lowest BCUT2D eigenvalue weighted by Crippen LogP contribution is -2.23. The number of thiophene rings is 1. The van der Waals surface area contributed by atoms with Crippen LogP contribution in [0.1, 0.15) is 47.8 Å². The number of aryl methyl sites for hydroxylation is 4. The van der Waals surface area contributed by atoms with Crippen molar-refractivity contribution >= 4 is 33.3 Å². The molecule has 0 atom stereocenters. The van der Waals surface area contributed by atoms with Crippen LogP contribution in [0.25, 0.3) is 15.9 Å². The Morgan fingerprint density at radius 3 is 2.81 bits per heavy atom. The van der Waals surface area contributed by atoms with Crippen molar-refractivity contribution in [1.29, 1.82) is 0 Å². The minimum Gasteiger partial charge on any atom is -0.268 e. The fourth-order valence-corrected chi connectivity index (χ4v) is 5.91. The first-order valence-electron chi connectivity index (χ1n) is 9.38. The highest BCUT2D eigenvalue weighted by Crippen LogP contribution is 2.35. The molecule has 3 aromatic rings. The van der Waals surface area contributed by atoms with E-state index in [-0.39, 0.29) is 5.56 Å². The van der Waals surface area contributed by atoms with Crippen LogP contribution < -0.4 is 5.56 Å². The molecule has 0 N–H and O–H groups in total. The molecule has 2 heterocycles. The molecule has 0 amide bonds. The van der Waals surface area contributed by atoms with Crippen molar-refractivity contribution in [2.75, 3.05) is 5.75 Å². The summed E-state index contributed by atoms with van der Waals surface area (Å²) in [5.41, 5.74) is 4.67. The molecule has 0 radical (unpaired) electrons. The highest BCUT2D eigenvalue weighted by Gasteiger charge is 2.23. The Hall–Kier alpha value is -1.59. The van der Waals surface area contributed by atoms with Gasteiger partial charge in [0.1, 0.15) is 4.83 Å². The molecule has 1 aromatic carbocycles. The fraction of sp³-hybridized carbons (Fsp3) is 0.429. The van der Waals surface area contributed by atoms with Crippen LogP contribution >= 0.6 is 23.1 Å². The molecule has 1 aliphatic carbocycles. The van der Waals surface area contributed by atoms with Crippen LogP contribution in [0.3, 0.4) is 0 Å². The highest BCUT2D eigenvalue weighted by molar-refractivity contribution is 7.99. The SMILES string of the molecule is CCCSc1nc2sc3c(c2c(=O)n1-c1ccc(C)cc1C)CCCC3. The van der Waals surface area contributed by atoms with E-state index in [0.717, 1.165) is 51.6 Å². The largest absolute Gasteiger partial charge is 0.268 e. The molecule has 0 saturated carbocycles. The average Bonchev–Trinajstić information content (AvgIpc) is 2.99. The van der Waals surface area contributed by atoms with Crippen molar-refractivity contribution in [3.05, 3.63) is 50.1 Å². The Bertz CT molecular complexity index is 1030. The Labute approximate surface area is 162 Å². The summed E-state index contributed by atoms with van der Waals surface area (Å²) in [6.07, 6.45) is 5.57. The molecule has 4 rings (SSSR count). The molecule has 0 spiro atoms. The second kappa shape index (κ2) is 7.20. The van der Waals surface area contributed by atoms with Gasteiger partial charge in [-0.15, -0.1) is 11.3 Å². The van der Waals surface area contributed by atoms with Gasteiger partial charge in [0.15, 0.2) is 5.16 Å². The van der Waals surface area contributed by atoms with Gasteiger partial charge in [-0.25, -0.2) is 4.98 Å². The fourth-order valence-electron chi connectivity index (χ4n) is 3.75. The molecular weight excluding hydrogens is 360 g/mol. The molecule has 5 heteroatoms. The van der Waals surface area contributed by atoms with Crippen molar-refractivity contribution in [2.45, 2.75) is 58.0 Å². The molecule has 0 saturated heterocycles. The van der Waals surface area contributed by atoms with E-state index in [1.165, 1.54) is 28.8 Å². The summed E-state index contributed by atoms with van der Waals surface area (Å²) in [6, 6.07) is 6.29. The smallest absolute Gasteiger partial charge is 0.267 e. The molecule has 26 heavy (non-hydrogen) atoms. The van der Waals surface area contributed by atoms with Crippen LogP contribution in [-0.2, 0) is 12.8 Å². The summed E-state index contributed by atoms with van der Waals surface area (Å²) in [6.45, 7) is 6.33. The molecule has 1 aliphatic rings. The van der Waals surface area contributed by atoms with Gasteiger partial charge in [0.2, 0.25) is 0 Å². The van der Waals surface area contributed by atoms with Gasteiger partial charge < -0.3 is 0 Å². The van der Waals surface area contributed by atoms with E-state index in [0.29, 0.717) is 0 Å². The minimum atomic E-state index is 0.111. The number of nitrogens with zero attached hydrogens (tertiary/aromatic N) is 2. The highest BCUT2D eigenvalue weighted by atomic mass is 32.2. The van der Waals surface area contributed by atoms with Crippen molar-refractivity contribution < 1.29 is 0 Å². The van der Waals surface area contributed by atoms with E-state index in [1.54, 1.807) is 23.1 Å². The molecule has 0 bridgehead atoms. The monoisotopic (exact) mass is 384 g/mol. The van der Waals surface area contributed by atoms with Gasteiger partial charge in [-0.1, -0.05) is 36.4 Å². The standard InChI is InChI=1S/C21H24N2OS2/c1-4-11-25-21-22-19-18(15-7-5-6-8-17(15)26-19)20(24)23(21)16-10-9-13(2)12-14(16)3/h9-10,12H,4-8,11H2,1-3H3. The zero-order valence-corrected chi connectivity index (χ0v) is 17.2. The Morgan fingerprint density at radius 1 is 1.23 bits per heavy atom. The van der Waals surface area contributed by atoms with Gasteiger partial charge in [0.25, 0.3) is 5.56 Å². The number of rotatable bonds is 4. The van der Waals surface area contributed by atoms with E-state index in [1.807, 2.05) is 4.57 Å². The van der Waals surface area contributed by atoms with Gasteiger partial charge in [-0.3, -0.25) is 9.36 Å². The van der Waals surface area contributed by atoms with E-state index < -0.39 is 0 Å². The van der Waals surface area contributed by atoms with E-state index in [9.17, 15) is 4.79 Å². The Morgan fingerprint density at radius 2 is 2.04 bits per heavy atom. The lowest BCUT2D eigenvalue weighted by molar-refractivity contribution is 0.699. The Balaban J connectivity index is 2.02. The maximum Gasteiger partial charge on any atom is 0.267 e. The maximum absolute atomic E-state index is 13.6. The minimum absolute atomic E-state index is 0.111. The van der Waals surface area contributed by atoms with Gasteiger partial charge in [-0.05, 0) is 63.1 Å². The summed E-state index contributed by atoms with van der Waals surface area (Å²) in [5, 5.41) is 1.69. The Kier molecular flexibility index (Phi) is 4.93. The van der Waals surface area contributed by atoms with Gasteiger partial charge in [0, 0.05) is 10.6 Å². The third kappa shape index (κ3) is 3.01. The quantitative estimate of drug-likeness (QED) is 0.443. The lowest BCUT2D eigenvalue weighted by atomic mass is 9.97. The second-order valence-corrected chi connectivity index (χ2v) is 9.21. The van der Waals surface area contributed by atoms with Crippen molar-refractivity contribution in [3.63, 3.8) is 0 Å². The first kappa shape index (κ1) is 17.8. The van der Waals surface area contributed by atoms with Gasteiger partial charge in [0.05, 0.1) is 11.1 Å². The molecule has 0 unspecified atom stereocenters. The maximum atomic E-state index is 13.6. The number of hydrogen-bond acceptors (Lipinski definition) is 4. The first-order valence-corrected chi connectivity index (χ1v) is 11.2. The summed E-state index contributed by atoms with van der Waals surface area (Å²) in [4.78, 5) is 20.9. The van der Waals surface area contributed by atoms with Crippen LogP contribution in [-0.4, -0.2) is 15.3 Å². The zero-order chi connectivity index (χ0) is 18.3. The van der Waals surface area contributed by atoms with Crippen LogP contribution in [0, 0.1) is 13.8 Å². The molecule has 2 aromatic heterocycles. The summed E-state index contributed by atoms with van der Waals surface area (Å²) >= 11 is 3.42. The number of aromatic nitrogens is 2. The number of fused-ring (bicyclic) bond motifs is 3. The van der Waals surface area contributed by atoms with E-state index in [2.05, 4.69) is 39.0 Å². The predicted octanol–water partition coefficient (Wildman–Crippen LogP) is 5.44. The van der Waals surface area contributed by atoms with Crippen LogP contribution in [0.4, 0.5) is 0 Å². The van der Waals surface area contributed by atoms with Crippen LogP contribution in [0.15, 0.2) is 28.2 Å². The van der Waals surface area contributed by atoms with E-state index in [4.69, 9.17) is 4.98 Å². The molecule has 136 valence electrons. The lowest BCUT2D eigenvalue weighted by Gasteiger charge is -2.15. The third-order valence-electron chi connectivity index (χ3n) is 4.99. The average molecular weight is 385 g/mol. The number of hydrogen-bond donors (Lipinski definition) is 0. The van der Waals surface area contributed by atoms with Crippen LogP contribution in [0.5, 0.6) is 0 Å². The normalized spacial score (nSPS) is 14.0. The van der Waals surface area contributed by atoms with Crippen molar-refractivity contribution in [3.8, 4) is 5.69 Å². The van der Waals surface area contributed by atoms with Gasteiger partial charge in [-0.2, -0.15) is 0 Å². The number of benzene rings is 1.